The minimum atomic E-state index is -0.0391. The minimum absolute atomic E-state index is 0.0258. The van der Waals surface area contributed by atoms with E-state index >= 15 is 0 Å². The molecule has 8 heteroatoms. The lowest BCUT2D eigenvalue weighted by atomic mass is 10.0. The molecule has 0 saturated carbocycles. The number of hydrogen-bond donors (Lipinski definition) is 1. The van der Waals surface area contributed by atoms with Gasteiger partial charge < -0.3 is 14.6 Å². The first-order chi connectivity index (χ1) is 13.6. The fourth-order valence-electron chi connectivity index (χ4n) is 3.15. The smallest absolute Gasteiger partial charge is 0.230 e. The Morgan fingerprint density at radius 1 is 1.25 bits per heavy atom. The lowest BCUT2D eigenvalue weighted by molar-refractivity contribution is -0.119. The standard InChI is InChI=1S/C20H19ClN4O2S/c1-25-19(13-6-8-14(21)9-7-13)23-24-20(25)28-12-18(26)22-16-10-11-27-17-5-3-2-4-15(16)17/h2-9,16H,10-12H2,1H3,(H,22,26). The van der Waals surface area contributed by atoms with Crippen molar-refractivity contribution in [2.75, 3.05) is 12.4 Å². The highest BCUT2D eigenvalue weighted by atomic mass is 35.5. The second-order valence-corrected chi connectivity index (χ2v) is 7.83. The third kappa shape index (κ3) is 4.00. The normalized spacial score (nSPS) is 15.6. The Balaban J connectivity index is 1.39. The molecule has 0 radical (unpaired) electrons. The summed E-state index contributed by atoms with van der Waals surface area (Å²) in [5.41, 5.74) is 1.95. The van der Waals surface area contributed by atoms with Crippen LogP contribution in [-0.4, -0.2) is 33.0 Å². The van der Waals surface area contributed by atoms with Crippen molar-refractivity contribution in [1.29, 1.82) is 0 Å². The molecule has 1 aromatic heterocycles. The van der Waals surface area contributed by atoms with Crippen molar-refractivity contribution in [3.05, 3.63) is 59.1 Å². The average Bonchev–Trinajstić information content (AvgIpc) is 3.08. The lowest BCUT2D eigenvalue weighted by Gasteiger charge is -2.26. The van der Waals surface area contributed by atoms with Gasteiger partial charge in [-0.15, -0.1) is 10.2 Å². The van der Waals surface area contributed by atoms with Crippen molar-refractivity contribution in [3.63, 3.8) is 0 Å². The van der Waals surface area contributed by atoms with Gasteiger partial charge in [0.15, 0.2) is 11.0 Å². The van der Waals surface area contributed by atoms with Crippen LogP contribution in [-0.2, 0) is 11.8 Å². The number of para-hydroxylation sites is 1. The summed E-state index contributed by atoms with van der Waals surface area (Å²) in [6.07, 6.45) is 0.762. The number of rotatable bonds is 5. The molecule has 28 heavy (non-hydrogen) atoms. The maximum atomic E-state index is 12.5. The van der Waals surface area contributed by atoms with Crippen LogP contribution in [0.2, 0.25) is 5.02 Å². The molecule has 1 aliphatic rings. The Morgan fingerprint density at radius 3 is 2.86 bits per heavy atom. The van der Waals surface area contributed by atoms with Gasteiger partial charge in [0.05, 0.1) is 18.4 Å². The van der Waals surface area contributed by atoms with Crippen LogP contribution in [0, 0.1) is 0 Å². The average molecular weight is 415 g/mol. The van der Waals surface area contributed by atoms with E-state index in [1.165, 1.54) is 11.8 Å². The fraction of sp³-hybridized carbons (Fsp3) is 0.250. The van der Waals surface area contributed by atoms with E-state index in [4.69, 9.17) is 16.3 Å². The first kappa shape index (κ1) is 18.8. The molecule has 0 spiro atoms. The number of aromatic nitrogens is 3. The van der Waals surface area contributed by atoms with E-state index in [2.05, 4.69) is 15.5 Å². The van der Waals surface area contributed by atoms with Crippen LogP contribution in [0.5, 0.6) is 5.75 Å². The number of ether oxygens (including phenoxy) is 1. The molecule has 2 aromatic carbocycles. The first-order valence-electron chi connectivity index (χ1n) is 8.91. The molecule has 1 amide bonds. The topological polar surface area (TPSA) is 69.0 Å². The molecule has 0 bridgehead atoms. The molecule has 2 heterocycles. The van der Waals surface area contributed by atoms with Crippen molar-refractivity contribution in [1.82, 2.24) is 20.1 Å². The monoisotopic (exact) mass is 414 g/mol. The van der Waals surface area contributed by atoms with Gasteiger partial charge in [-0.3, -0.25) is 4.79 Å². The van der Waals surface area contributed by atoms with E-state index < -0.39 is 0 Å². The zero-order valence-corrected chi connectivity index (χ0v) is 16.8. The Kier molecular flexibility index (Phi) is 5.54. The van der Waals surface area contributed by atoms with E-state index in [-0.39, 0.29) is 17.7 Å². The van der Waals surface area contributed by atoms with Crippen molar-refractivity contribution in [2.45, 2.75) is 17.6 Å². The van der Waals surface area contributed by atoms with Gasteiger partial charge in [-0.2, -0.15) is 0 Å². The summed E-state index contributed by atoms with van der Waals surface area (Å²) in [4.78, 5) is 12.5. The molecule has 1 N–H and O–H groups in total. The van der Waals surface area contributed by atoms with Crippen LogP contribution < -0.4 is 10.1 Å². The number of thioether (sulfide) groups is 1. The first-order valence-corrected chi connectivity index (χ1v) is 10.3. The number of carbonyl (C=O) groups is 1. The fourth-order valence-corrected chi connectivity index (χ4v) is 4.00. The van der Waals surface area contributed by atoms with Crippen LogP contribution >= 0.6 is 23.4 Å². The molecule has 4 rings (SSSR count). The number of halogens is 1. The zero-order valence-electron chi connectivity index (χ0n) is 15.3. The van der Waals surface area contributed by atoms with Gasteiger partial charge in [-0.25, -0.2) is 0 Å². The second-order valence-electron chi connectivity index (χ2n) is 6.46. The summed E-state index contributed by atoms with van der Waals surface area (Å²) >= 11 is 7.30. The van der Waals surface area contributed by atoms with Crippen LogP contribution in [0.1, 0.15) is 18.0 Å². The number of nitrogens with one attached hydrogen (secondary N) is 1. The Morgan fingerprint density at radius 2 is 2.04 bits per heavy atom. The van der Waals surface area contributed by atoms with Crippen molar-refractivity contribution in [2.24, 2.45) is 7.05 Å². The summed E-state index contributed by atoms with van der Waals surface area (Å²) in [6, 6.07) is 15.2. The summed E-state index contributed by atoms with van der Waals surface area (Å²) < 4.78 is 7.53. The van der Waals surface area contributed by atoms with Crippen molar-refractivity contribution < 1.29 is 9.53 Å². The third-order valence-corrected chi connectivity index (χ3v) is 5.84. The Hall–Kier alpha value is -2.51. The largest absolute Gasteiger partial charge is 0.493 e. The summed E-state index contributed by atoms with van der Waals surface area (Å²) in [5.74, 6) is 1.81. The Bertz CT molecular complexity index is 990. The molecular formula is C20H19ClN4O2S. The van der Waals surface area contributed by atoms with E-state index in [1.807, 2.05) is 60.1 Å². The van der Waals surface area contributed by atoms with Gasteiger partial charge in [0.25, 0.3) is 0 Å². The maximum absolute atomic E-state index is 12.5. The van der Waals surface area contributed by atoms with E-state index in [1.54, 1.807) is 0 Å². The maximum Gasteiger partial charge on any atom is 0.230 e. The zero-order chi connectivity index (χ0) is 19.5. The van der Waals surface area contributed by atoms with Gasteiger partial charge in [-0.1, -0.05) is 41.6 Å². The summed E-state index contributed by atoms with van der Waals surface area (Å²) in [6.45, 7) is 0.600. The van der Waals surface area contributed by atoms with E-state index in [9.17, 15) is 4.79 Å². The molecule has 1 atom stereocenters. The van der Waals surface area contributed by atoms with Gasteiger partial charge in [0.2, 0.25) is 5.91 Å². The molecule has 0 fully saturated rings. The van der Waals surface area contributed by atoms with E-state index in [0.717, 1.165) is 29.1 Å². The van der Waals surface area contributed by atoms with Gasteiger partial charge in [0.1, 0.15) is 5.75 Å². The van der Waals surface area contributed by atoms with Gasteiger partial charge in [-0.05, 0) is 30.3 Å². The predicted molar refractivity (Wildman–Crippen MR) is 110 cm³/mol. The molecule has 144 valence electrons. The number of nitrogens with zero attached hydrogens (tertiary/aromatic N) is 3. The highest BCUT2D eigenvalue weighted by molar-refractivity contribution is 7.99. The van der Waals surface area contributed by atoms with E-state index in [0.29, 0.717) is 16.8 Å². The number of amides is 1. The number of benzene rings is 2. The molecule has 0 aliphatic carbocycles. The molecule has 0 saturated heterocycles. The minimum Gasteiger partial charge on any atom is -0.493 e. The Labute approximate surface area is 172 Å². The van der Waals surface area contributed by atoms with Crippen LogP contribution in [0.4, 0.5) is 0 Å². The quantitative estimate of drug-likeness (QED) is 0.642. The summed E-state index contributed by atoms with van der Waals surface area (Å²) in [7, 11) is 1.89. The lowest BCUT2D eigenvalue weighted by Crippen LogP contribution is -2.33. The van der Waals surface area contributed by atoms with Crippen molar-refractivity contribution in [3.8, 4) is 17.1 Å². The molecule has 3 aromatic rings. The molecule has 6 nitrogen and oxygen atoms in total. The second kappa shape index (κ2) is 8.24. The van der Waals surface area contributed by atoms with Crippen LogP contribution in [0.25, 0.3) is 11.4 Å². The highest BCUT2D eigenvalue weighted by Crippen LogP contribution is 2.31. The molecule has 1 unspecified atom stereocenters. The summed E-state index contributed by atoms with van der Waals surface area (Å²) in [5, 5.41) is 12.9. The highest BCUT2D eigenvalue weighted by Gasteiger charge is 2.23. The number of fused-ring (bicyclic) bond motifs is 1. The van der Waals surface area contributed by atoms with Crippen molar-refractivity contribution >= 4 is 29.3 Å². The predicted octanol–water partition coefficient (Wildman–Crippen LogP) is 3.87. The van der Waals surface area contributed by atoms with Crippen LogP contribution in [0.3, 0.4) is 0 Å². The number of carbonyl (C=O) groups excluding carboxylic acids is 1. The molecule has 1 aliphatic heterocycles. The third-order valence-electron chi connectivity index (χ3n) is 4.56. The van der Waals surface area contributed by atoms with Gasteiger partial charge in [0, 0.05) is 29.6 Å². The van der Waals surface area contributed by atoms with Crippen LogP contribution in [0.15, 0.2) is 53.7 Å². The SMILES string of the molecule is Cn1c(SCC(=O)NC2CCOc3ccccc32)nnc1-c1ccc(Cl)cc1. The number of hydrogen-bond acceptors (Lipinski definition) is 5. The molecular weight excluding hydrogens is 396 g/mol. The van der Waals surface area contributed by atoms with Gasteiger partial charge >= 0.3 is 0 Å².